The molecule has 0 atom stereocenters. The molecule has 106 valence electrons. The van der Waals surface area contributed by atoms with E-state index in [2.05, 4.69) is 4.98 Å². The summed E-state index contributed by atoms with van der Waals surface area (Å²) in [6.07, 6.45) is -2.93. The summed E-state index contributed by atoms with van der Waals surface area (Å²) < 4.78 is 38.7. The molecule has 0 saturated carbocycles. The van der Waals surface area contributed by atoms with Crippen LogP contribution >= 0.6 is 0 Å². The predicted molar refractivity (Wildman–Crippen MR) is 76.6 cm³/mol. The number of aromatic nitrogens is 1. The highest BCUT2D eigenvalue weighted by atomic mass is 19.4. The summed E-state index contributed by atoms with van der Waals surface area (Å²) in [4.78, 5) is 4.10. The summed E-state index contributed by atoms with van der Waals surface area (Å²) in [5.74, 6) is 0. The first kappa shape index (κ1) is 13.4. The molecule has 0 aliphatic carbocycles. The average Bonchev–Trinajstić information content (AvgIpc) is 2.46. The first-order valence-corrected chi connectivity index (χ1v) is 6.27. The molecule has 0 bridgehead atoms. The van der Waals surface area contributed by atoms with Crippen molar-refractivity contribution >= 4 is 16.6 Å². The van der Waals surface area contributed by atoms with Gasteiger partial charge in [-0.1, -0.05) is 30.3 Å². The SMILES string of the molecule is Nc1cnc2ccc(C(F)(F)F)cc2c1-c1ccccc1. The zero-order valence-corrected chi connectivity index (χ0v) is 10.9. The van der Waals surface area contributed by atoms with E-state index in [0.29, 0.717) is 22.2 Å². The Labute approximate surface area is 119 Å². The number of nitrogens with zero attached hydrogens (tertiary/aromatic N) is 1. The molecule has 0 aliphatic rings. The quantitative estimate of drug-likeness (QED) is 0.716. The van der Waals surface area contributed by atoms with Gasteiger partial charge < -0.3 is 5.73 Å². The van der Waals surface area contributed by atoms with Crippen LogP contribution in [0.15, 0.2) is 54.7 Å². The second kappa shape index (κ2) is 4.77. The number of benzene rings is 2. The molecule has 0 saturated heterocycles. The molecule has 0 amide bonds. The molecule has 21 heavy (non-hydrogen) atoms. The first-order chi connectivity index (χ1) is 9.97. The summed E-state index contributed by atoms with van der Waals surface area (Å²) in [6.45, 7) is 0. The van der Waals surface area contributed by atoms with Crippen molar-refractivity contribution < 1.29 is 13.2 Å². The number of nitrogen functional groups attached to an aromatic ring is 1. The number of fused-ring (bicyclic) bond motifs is 1. The van der Waals surface area contributed by atoms with Crippen LogP contribution in [0, 0.1) is 0 Å². The highest BCUT2D eigenvalue weighted by molar-refractivity contribution is 6.00. The molecule has 0 fully saturated rings. The highest BCUT2D eigenvalue weighted by Crippen LogP contribution is 2.36. The Bertz CT molecular complexity index is 796. The van der Waals surface area contributed by atoms with Crippen LogP contribution in [-0.2, 0) is 6.18 Å². The number of hydrogen-bond acceptors (Lipinski definition) is 2. The summed E-state index contributed by atoms with van der Waals surface area (Å²) >= 11 is 0. The smallest absolute Gasteiger partial charge is 0.397 e. The van der Waals surface area contributed by atoms with Gasteiger partial charge in [-0.3, -0.25) is 4.98 Å². The molecular weight excluding hydrogens is 277 g/mol. The fourth-order valence-corrected chi connectivity index (χ4v) is 2.31. The fourth-order valence-electron chi connectivity index (χ4n) is 2.31. The number of halogens is 3. The molecule has 2 aromatic carbocycles. The second-order valence-electron chi connectivity index (χ2n) is 4.68. The van der Waals surface area contributed by atoms with Gasteiger partial charge in [-0.2, -0.15) is 13.2 Å². The standard InChI is InChI=1S/C16H11F3N2/c17-16(18,19)11-6-7-14-12(8-11)15(13(20)9-21-14)10-4-2-1-3-5-10/h1-9H,20H2. The minimum atomic E-state index is -4.40. The van der Waals surface area contributed by atoms with E-state index in [1.807, 2.05) is 30.3 Å². The Balaban J connectivity index is 2.34. The van der Waals surface area contributed by atoms with Crippen LogP contribution in [0.2, 0.25) is 0 Å². The topological polar surface area (TPSA) is 38.9 Å². The van der Waals surface area contributed by atoms with Crippen molar-refractivity contribution in [1.82, 2.24) is 4.98 Å². The van der Waals surface area contributed by atoms with Gasteiger partial charge in [0.25, 0.3) is 0 Å². The van der Waals surface area contributed by atoms with Gasteiger partial charge in [-0.15, -0.1) is 0 Å². The van der Waals surface area contributed by atoms with Crippen LogP contribution in [0.1, 0.15) is 5.56 Å². The normalized spacial score (nSPS) is 11.8. The number of anilines is 1. The van der Waals surface area contributed by atoms with Crippen LogP contribution in [0.3, 0.4) is 0 Å². The Morgan fingerprint density at radius 3 is 2.33 bits per heavy atom. The Morgan fingerprint density at radius 1 is 0.952 bits per heavy atom. The molecule has 0 spiro atoms. The molecular formula is C16H11F3N2. The maximum atomic E-state index is 12.9. The van der Waals surface area contributed by atoms with Crippen LogP contribution in [0.5, 0.6) is 0 Å². The van der Waals surface area contributed by atoms with Gasteiger partial charge in [0.05, 0.1) is 23.0 Å². The molecule has 3 aromatic rings. The Kier molecular flexibility index (Phi) is 3.05. The molecule has 1 aromatic heterocycles. The Morgan fingerprint density at radius 2 is 1.67 bits per heavy atom. The van der Waals surface area contributed by atoms with Crippen molar-refractivity contribution in [1.29, 1.82) is 0 Å². The van der Waals surface area contributed by atoms with E-state index in [1.165, 1.54) is 12.3 Å². The van der Waals surface area contributed by atoms with Gasteiger partial charge >= 0.3 is 6.18 Å². The number of alkyl halides is 3. The molecule has 1 heterocycles. The van der Waals surface area contributed by atoms with Crippen molar-refractivity contribution in [2.75, 3.05) is 5.73 Å². The first-order valence-electron chi connectivity index (χ1n) is 6.27. The molecule has 3 rings (SSSR count). The minimum Gasteiger partial charge on any atom is -0.397 e. The third-order valence-corrected chi connectivity index (χ3v) is 3.29. The molecule has 0 radical (unpaired) electrons. The lowest BCUT2D eigenvalue weighted by Gasteiger charge is -2.12. The van der Waals surface area contributed by atoms with Crippen LogP contribution in [-0.4, -0.2) is 4.98 Å². The van der Waals surface area contributed by atoms with Crippen molar-refractivity contribution in [3.8, 4) is 11.1 Å². The molecule has 0 unspecified atom stereocenters. The Hall–Kier alpha value is -2.56. The summed E-state index contributed by atoms with van der Waals surface area (Å²) in [5.41, 5.74) is 7.40. The van der Waals surface area contributed by atoms with Gasteiger partial charge in [0.1, 0.15) is 0 Å². The maximum absolute atomic E-state index is 12.9. The third-order valence-electron chi connectivity index (χ3n) is 3.29. The number of hydrogen-bond donors (Lipinski definition) is 1. The molecule has 2 N–H and O–H groups in total. The van der Waals surface area contributed by atoms with Gasteiger partial charge in [0.2, 0.25) is 0 Å². The fraction of sp³-hybridized carbons (Fsp3) is 0.0625. The van der Waals surface area contributed by atoms with Gasteiger partial charge in [0.15, 0.2) is 0 Å². The van der Waals surface area contributed by atoms with Gasteiger partial charge in [-0.25, -0.2) is 0 Å². The van der Waals surface area contributed by atoms with E-state index in [-0.39, 0.29) is 0 Å². The van der Waals surface area contributed by atoms with E-state index >= 15 is 0 Å². The zero-order valence-electron chi connectivity index (χ0n) is 10.9. The lowest BCUT2D eigenvalue weighted by molar-refractivity contribution is -0.137. The zero-order chi connectivity index (χ0) is 15.0. The minimum absolute atomic E-state index is 0.355. The van der Waals surface area contributed by atoms with Crippen molar-refractivity contribution in [3.63, 3.8) is 0 Å². The van der Waals surface area contributed by atoms with Crippen molar-refractivity contribution in [2.24, 2.45) is 0 Å². The van der Waals surface area contributed by atoms with Crippen LogP contribution < -0.4 is 5.73 Å². The largest absolute Gasteiger partial charge is 0.416 e. The summed E-state index contributed by atoms with van der Waals surface area (Å²) in [7, 11) is 0. The monoisotopic (exact) mass is 288 g/mol. The van der Waals surface area contributed by atoms with E-state index in [9.17, 15) is 13.2 Å². The number of pyridine rings is 1. The predicted octanol–water partition coefficient (Wildman–Crippen LogP) is 4.50. The average molecular weight is 288 g/mol. The van der Waals surface area contributed by atoms with Crippen LogP contribution in [0.4, 0.5) is 18.9 Å². The maximum Gasteiger partial charge on any atom is 0.416 e. The van der Waals surface area contributed by atoms with Crippen LogP contribution in [0.25, 0.3) is 22.0 Å². The highest BCUT2D eigenvalue weighted by Gasteiger charge is 2.30. The number of nitrogens with two attached hydrogens (primary N) is 1. The van der Waals surface area contributed by atoms with Crippen molar-refractivity contribution in [3.05, 3.63) is 60.3 Å². The molecule has 2 nitrogen and oxygen atoms in total. The van der Waals surface area contributed by atoms with E-state index < -0.39 is 11.7 Å². The third kappa shape index (κ3) is 2.42. The summed E-state index contributed by atoms with van der Waals surface area (Å²) in [6, 6.07) is 12.6. The van der Waals surface area contributed by atoms with E-state index in [1.54, 1.807) is 0 Å². The lowest BCUT2D eigenvalue weighted by atomic mass is 9.98. The van der Waals surface area contributed by atoms with E-state index in [0.717, 1.165) is 17.7 Å². The second-order valence-corrected chi connectivity index (χ2v) is 4.68. The van der Waals surface area contributed by atoms with Gasteiger partial charge in [-0.05, 0) is 23.8 Å². The van der Waals surface area contributed by atoms with Crippen molar-refractivity contribution in [2.45, 2.75) is 6.18 Å². The lowest BCUT2D eigenvalue weighted by Crippen LogP contribution is -2.05. The molecule has 0 aliphatic heterocycles. The van der Waals surface area contributed by atoms with Gasteiger partial charge in [0, 0.05) is 10.9 Å². The van der Waals surface area contributed by atoms with E-state index in [4.69, 9.17) is 5.73 Å². The molecule has 5 heteroatoms. The number of rotatable bonds is 1. The summed E-state index contributed by atoms with van der Waals surface area (Å²) in [5, 5.41) is 0.399.